The first kappa shape index (κ1) is 14.0. The summed E-state index contributed by atoms with van der Waals surface area (Å²) in [5.74, 6) is -0.199. The topological polar surface area (TPSA) is 35.2 Å². The molecule has 2 aromatic carbocycles. The summed E-state index contributed by atoms with van der Waals surface area (Å²) >= 11 is 3.20. The molecular weight excluding hydrogens is 316 g/mol. The molecule has 0 bridgehead atoms. The van der Waals surface area contributed by atoms with Gasteiger partial charge in [-0.05, 0) is 57.4 Å². The molecule has 0 spiro atoms. The Morgan fingerprint density at radius 3 is 2.42 bits per heavy atom. The number of nitrogens with two attached hydrogens (primary N) is 1. The van der Waals surface area contributed by atoms with Gasteiger partial charge in [0.1, 0.15) is 24.0 Å². The van der Waals surface area contributed by atoms with Gasteiger partial charge in [0, 0.05) is 6.54 Å². The number of halogens is 3. The van der Waals surface area contributed by atoms with E-state index in [-0.39, 0.29) is 24.8 Å². The van der Waals surface area contributed by atoms with Gasteiger partial charge in [-0.25, -0.2) is 8.78 Å². The molecule has 0 saturated heterocycles. The van der Waals surface area contributed by atoms with Gasteiger partial charge in [0.2, 0.25) is 0 Å². The lowest BCUT2D eigenvalue weighted by Crippen LogP contribution is -2.01. The van der Waals surface area contributed by atoms with Crippen LogP contribution < -0.4 is 10.5 Å². The van der Waals surface area contributed by atoms with Crippen molar-refractivity contribution in [2.45, 2.75) is 13.2 Å². The standard InChI is InChI=1S/C14H12BrF2NO/c15-13-6-11(16)1-2-14(13)19-8-10-3-9(7-18)4-12(17)5-10/h1-6H,7-8,18H2. The molecule has 0 unspecified atom stereocenters. The van der Waals surface area contributed by atoms with Crippen molar-refractivity contribution >= 4 is 15.9 Å². The van der Waals surface area contributed by atoms with Crippen LogP contribution in [0.3, 0.4) is 0 Å². The van der Waals surface area contributed by atoms with Crippen LogP contribution in [0.2, 0.25) is 0 Å². The highest BCUT2D eigenvalue weighted by molar-refractivity contribution is 9.10. The smallest absolute Gasteiger partial charge is 0.134 e. The third-order valence-electron chi connectivity index (χ3n) is 2.54. The van der Waals surface area contributed by atoms with Crippen LogP contribution in [0.1, 0.15) is 11.1 Å². The molecule has 0 fully saturated rings. The zero-order valence-corrected chi connectivity index (χ0v) is 11.6. The van der Waals surface area contributed by atoms with Crippen molar-refractivity contribution in [1.29, 1.82) is 0 Å². The van der Waals surface area contributed by atoms with Crippen molar-refractivity contribution in [1.82, 2.24) is 0 Å². The number of benzene rings is 2. The molecule has 100 valence electrons. The average molecular weight is 328 g/mol. The van der Waals surface area contributed by atoms with Crippen molar-refractivity contribution in [3.8, 4) is 5.75 Å². The first-order valence-electron chi connectivity index (χ1n) is 5.65. The molecule has 0 atom stereocenters. The highest BCUT2D eigenvalue weighted by Crippen LogP contribution is 2.26. The molecular formula is C14H12BrF2NO. The molecule has 0 heterocycles. The number of rotatable bonds is 4. The SMILES string of the molecule is NCc1cc(F)cc(COc2ccc(F)cc2Br)c1. The molecule has 0 aliphatic heterocycles. The minimum absolute atomic E-state index is 0.189. The lowest BCUT2D eigenvalue weighted by atomic mass is 10.1. The molecule has 2 rings (SSSR count). The van der Waals surface area contributed by atoms with E-state index in [1.807, 2.05) is 0 Å². The lowest BCUT2D eigenvalue weighted by Gasteiger charge is -2.09. The van der Waals surface area contributed by atoms with Gasteiger partial charge in [-0.2, -0.15) is 0 Å². The summed E-state index contributed by atoms with van der Waals surface area (Å²) in [7, 11) is 0. The van der Waals surface area contributed by atoms with Gasteiger partial charge in [-0.1, -0.05) is 6.07 Å². The highest BCUT2D eigenvalue weighted by atomic mass is 79.9. The van der Waals surface area contributed by atoms with Gasteiger partial charge in [0.05, 0.1) is 4.47 Å². The second-order valence-electron chi connectivity index (χ2n) is 4.04. The van der Waals surface area contributed by atoms with E-state index in [0.717, 1.165) is 0 Å². The molecule has 2 N–H and O–H groups in total. The van der Waals surface area contributed by atoms with Gasteiger partial charge >= 0.3 is 0 Å². The van der Waals surface area contributed by atoms with Gasteiger partial charge in [0.25, 0.3) is 0 Å². The Morgan fingerprint density at radius 2 is 1.74 bits per heavy atom. The van der Waals surface area contributed by atoms with E-state index in [1.165, 1.54) is 30.3 Å². The van der Waals surface area contributed by atoms with Crippen LogP contribution in [0, 0.1) is 11.6 Å². The summed E-state index contributed by atoms with van der Waals surface area (Å²) in [5.41, 5.74) is 6.86. The van der Waals surface area contributed by atoms with Crippen LogP contribution in [-0.2, 0) is 13.2 Å². The summed E-state index contributed by atoms with van der Waals surface area (Å²) < 4.78 is 32.2. The summed E-state index contributed by atoms with van der Waals surface area (Å²) in [6.07, 6.45) is 0. The maximum absolute atomic E-state index is 13.3. The fraction of sp³-hybridized carbons (Fsp3) is 0.143. The van der Waals surface area contributed by atoms with Crippen molar-refractivity contribution in [3.05, 3.63) is 63.6 Å². The van der Waals surface area contributed by atoms with E-state index < -0.39 is 0 Å². The zero-order chi connectivity index (χ0) is 13.8. The predicted octanol–water partition coefficient (Wildman–Crippen LogP) is 3.77. The maximum Gasteiger partial charge on any atom is 0.134 e. The summed E-state index contributed by atoms with van der Waals surface area (Å²) in [6, 6.07) is 8.68. The molecule has 2 nitrogen and oxygen atoms in total. The first-order valence-corrected chi connectivity index (χ1v) is 6.44. The third-order valence-corrected chi connectivity index (χ3v) is 3.16. The number of hydrogen-bond acceptors (Lipinski definition) is 2. The fourth-order valence-corrected chi connectivity index (χ4v) is 2.14. The Kier molecular flexibility index (Phi) is 4.50. The molecule has 0 aromatic heterocycles. The van der Waals surface area contributed by atoms with Gasteiger partial charge < -0.3 is 10.5 Å². The Hall–Kier alpha value is -1.46. The van der Waals surface area contributed by atoms with Gasteiger partial charge in [-0.15, -0.1) is 0 Å². The van der Waals surface area contributed by atoms with Gasteiger partial charge in [-0.3, -0.25) is 0 Å². The molecule has 0 aliphatic carbocycles. The summed E-state index contributed by atoms with van der Waals surface area (Å²) in [6.45, 7) is 0.458. The molecule has 19 heavy (non-hydrogen) atoms. The van der Waals surface area contributed by atoms with Crippen LogP contribution in [0.5, 0.6) is 5.75 Å². The molecule has 0 saturated carbocycles. The maximum atomic E-state index is 13.3. The van der Waals surface area contributed by atoms with E-state index in [4.69, 9.17) is 10.5 Å². The normalized spacial score (nSPS) is 10.5. The third kappa shape index (κ3) is 3.75. The molecule has 2 aromatic rings. The van der Waals surface area contributed by atoms with Crippen LogP contribution in [-0.4, -0.2) is 0 Å². The van der Waals surface area contributed by atoms with Crippen molar-refractivity contribution in [2.24, 2.45) is 5.73 Å². The van der Waals surface area contributed by atoms with Crippen LogP contribution in [0.15, 0.2) is 40.9 Å². The van der Waals surface area contributed by atoms with E-state index in [2.05, 4.69) is 15.9 Å². The first-order chi connectivity index (χ1) is 9.08. The minimum Gasteiger partial charge on any atom is -0.488 e. The zero-order valence-electron chi connectivity index (χ0n) is 10.00. The molecule has 0 aliphatic rings. The quantitative estimate of drug-likeness (QED) is 0.927. The van der Waals surface area contributed by atoms with Crippen LogP contribution in [0.25, 0.3) is 0 Å². The Labute approximate surface area is 118 Å². The van der Waals surface area contributed by atoms with E-state index >= 15 is 0 Å². The fourth-order valence-electron chi connectivity index (χ4n) is 1.67. The second-order valence-corrected chi connectivity index (χ2v) is 4.89. The Balaban J connectivity index is 2.12. The Bertz CT molecular complexity index is 590. The molecule has 5 heteroatoms. The predicted molar refractivity (Wildman–Crippen MR) is 72.7 cm³/mol. The molecule has 0 radical (unpaired) electrons. The lowest BCUT2D eigenvalue weighted by molar-refractivity contribution is 0.303. The highest BCUT2D eigenvalue weighted by Gasteiger charge is 2.05. The monoisotopic (exact) mass is 327 g/mol. The Morgan fingerprint density at radius 1 is 1.00 bits per heavy atom. The van der Waals surface area contributed by atoms with Crippen LogP contribution in [0.4, 0.5) is 8.78 Å². The minimum atomic E-state index is -0.351. The average Bonchev–Trinajstić information content (AvgIpc) is 2.37. The van der Waals surface area contributed by atoms with E-state index in [9.17, 15) is 8.78 Å². The van der Waals surface area contributed by atoms with E-state index in [1.54, 1.807) is 6.07 Å². The van der Waals surface area contributed by atoms with Gasteiger partial charge in [0.15, 0.2) is 0 Å². The molecule has 0 amide bonds. The number of hydrogen-bond donors (Lipinski definition) is 1. The summed E-state index contributed by atoms with van der Waals surface area (Å²) in [5, 5.41) is 0. The van der Waals surface area contributed by atoms with Crippen molar-refractivity contribution in [2.75, 3.05) is 0 Å². The van der Waals surface area contributed by atoms with Crippen LogP contribution >= 0.6 is 15.9 Å². The number of ether oxygens (including phenoxy) is 1. The largest absolute Gasteiger partial charge is 0.488 e. The van der Waals surface area contributed by atoms with Crippen molar-refractivity contribution in [3.63, 3.8) is 0 Å². The van der Waals surface area contributed by atoms with E-state index in [0.29, 0.717) is 21.3 Å². The summed E-state index contributed by atoms with van der Waals surface area (Å²) in [4.78, 5) is 0. The van der Waals surface area contributed by atoms with Crippen molar-refractivity contribution < 1.29 is 13.5 Å². The second kappa shape index (κ2) is 6.12.